The van der Waals surface area contributed by atoms with Gasteiger partial charge in [0.15, 0.2) is 0 Å². The molecule has 1 aromatic rings. The Kier molecular flexibility index (Phi) is 5.07. The van der Waals surface area contributed by atoms with Crippen molar-refractivity contribution >= 4 is 0 Å². The summed E-state index contributed by atoms with van der Waals surface area (Å²) in [5, 5.41) is 0. The lowest BCUT2D eigenvalue weighted by Gasteiger charge is -2.09. The molecule has 4 nitrogen and oxygen atoms in total. The van der Waals surface area contributed by atoms with Crippen molar-refractivity contribution in [2.75, 3.05) is 20.3 Å². The molecule has 0 fully saturated rings. The molecule has 0 saturated carbocycles. The van der Waals surface area contributed by atoms with Crippen LogP contribution in [0.1, 0.15) is 25.1 Å². The summed E-state index contributed by atoms with van der Waals surface area (Å²) in [6, 6.07) is 3.79. The molecule has 0 aliphatic rings. The van der Waals surface area contributed by atoms with Gasteiger partial charge in [-0.15, -0.1) is 0 Å². The number of aromatic nitrogens is 1. The second kappa shape index (κ2) is 6.37. The van der Waals surface area contributed by atoms with Crippen LogP contribution in [0.3, 0.4) is 0 Å². The first-order valence-corrected chi connectivity index (χ1v) is 5.11. The van der Waals surface area contributed by atoms with E-state index in [1.54, 1.807) is 13.3 Å². The van der Waals surface area contributed by atoms with E-state index < -0.39 is 0 Å². The van der Waals surface area contributed by atoms with E-state index in [4.69, 9.17) is 15.2 Å². The van der Waals surface area contributed by atoms with Gasteiger partial charge in [0.05, 0.1) is 18.5 Å². The molecular formula is C11H18N2O2. The Morgan fingerprint density at radius 3 is 2.73 bits per heavy atom. The Morgan fingerprint density at radius 1 is 1.40 bits per heavy atom. The van der Waals surface area contributed by atoms with Crippen molar-refractivity contribution in [1.82, 2.24) is 4.98 Å². The molecule has 1 rings (SSSR count). The summed E-state index contributed by atoms with van der Waals surface area (Å²) >= 11 is 0. The van der Waals surface area contributed by atoms with Crippen molar-refractivity contribution in [1.29, 1.82) is 0 Å². The van der Waals surface area contributed by atoms with Crippen LogP contribution in [0.2, 0.25) is 0 Å². The summed E-state index contributed by atoms with van der Waals surface area (Å²) in [7, 11) is 1.64. The van der Waals surface area contributed by atoms with Gasteiger partial charge in [0.2, 0.25) is 0 Å². The maximum atomic E-state index is 5.84. The van der Waals surface area contributed by atoms with Crippen molar-refractivity contribution in [3.63, 3.8) is 0 Å². The van der Waals surface area contributed by atoms with Gasteiger partial charge in [-0.05, 0) is 18.6 Å². The zero-order valence-electron chi connectivity index (χ0n) is 9.27. The summed E-state index contributed by atoms with van der Waals surface area (Å²) in [5.41, 5.74) is 6.74. The SMILES string of the molecule is CC[C@@H](N)c1ccc(OCCOC)cn1. The summed E-state index contributed by atoms with van der Waals surface area (Å²) in [6.07, 6.45) is 2.58. The van der Waals surface area contributed by atoms with Crippen molar-refractivity contribution in [2.24, 2.45) is 5.73 Å². The van der Waals surface area contributed by atoms with Gasteiger partial charge in [-0.3, -0.25) is 4.98 Å². The molecule has 0 saturated heterocycles. The zero-order valence-corrected chi connectivity index (χ0v) is 9.27. The fourth-order valence-electron chi connectivity index (χ4n) is 1.15. The molecule has 84 valence electrons. The summed E-state index contributed by atoms with van der Waals surface area (Å²) in [5.74, 6) is 0.749. The fourth-order valence-corrected chi connectivity index (χ4v) is 1.15. The van der Waals surface area contributed by atoms with Crippen molar-refractivity contribution in [2.45, 2.75) is 19.4 Å². The molecule has 1 heterocycles. The standard InChI is InChI=1S/C11H18N2O2/c1-3-10(12)11-5-4-9(8-13-11)15-7-6-14-2/h4-5,8,10H,3,6-7,12H2,1-2H3/t10-/m1/s1. The average Bonchev–Trinajstić information content (AvgIpc) is 2.29. The maximum Gasteiger partial charge on any atom is 0.137 e. The molecular weight excluding hydrogens is 192 g/mol. The Hall–Kier alpha value is -1.13. The first-order chi connectivity index (χ1) is 7.27. The lowest BCUT2D eigenvalue weighted by atomic mass is 10.1. The summed E-state index contributed by atoms with van der Waals surface area (Å²) in [4.78, 5) is 4.24. The third-order valence-corrected chi connectivity index (χ3v) is 2.14. The van der Waals surface area contributed by atoms with Crippen molar-refractivity contribution in [3.05, 3.63) is 24.0 Å². The second-order valence-electron chi connectivity index (χ2n) is 3.27. The van der Waals surface area contributed by atoms with Crippen LogP contribution >= 0.6 is 0 Å². The van der Waals surface area contributed by atoms with E-state index in [-0.39, 0.29) is 6.04 Å². The van der Waals surface area contributed by atoms with Crippen LogP contribution < -0.4 is 10.5 Å². The molecule has 1 atom stereocenters. The number of rotatable bonds is 6. The van der Waals surface area contributed by atoms with Crippen LogP contribution in [0.5, 0.6) is 5.75 Å². The van der Waals surface area contributed by atoms with Gasteiger partial charge < -0.3 is 15.2 Å². The van der Waals surface area contributed by atoms with Crippen LogP contribution in [0.4, 0.5) is 0 Å². The topological polar surface area (TPSA) is 57.4 Å². The van der Waals surface area contributed by atoms with Crippen LogP contribution in [0.25, 0.3) is 0 Å². The van der Waals surface area contributed by atoms with E-state index in [1.165, 1.54) is 0 Å². The predicted octanol–water partition coefficient (Wildman–Crippen LogP) is 1.52. The lowest BCUT2D eigenvalue weighted by molar-refractivity contribution is 0.146. The smallest absolute Gasteiger partial charge is 0.137 e. The van der Waals surface area contributed by atoms with Gasteiger partial charge in [-0.2, -0.15) is 0 Å². The molecule has 2 N–H and O–H groups in total. The van der Waals surface area contributed by atoms with Crippen molar-refractivity contribution in [3.8, 4) is 5.75 Å². The Balaban J connectivity index is 2.49. The number of pyridine rings is 1. The third-order valence-electron chi connectivity index (χ3n) is 2.14. The highest BCUT2D eigenvalue weighted by Gasteiger charge is 2.04. The monoisotopic (exact) mass is 210 g/mol. The molecule has 0 unspecified atom stereocenters. The molecule has 4 heteroatoms. The van der Waals surface area contributed by atoms with Gasteiger partial charge in [-0.25, -0.2) is 0 Å². The van der Waals surface area contributed by atoms with Gasteiger partial charge in [-0.1, -0.05) is 6.92 Å². The molecule has 0 spiro atoms. The number of methoxy groups -OCH3 is 1. The largest absolute Gasteiger partial charge is 0.490 e. The molecule has 0 radical (unpaired) electrons. The average molecular weight is 210 g/mol. The van der Waals surface area contributed by atoms with Crippen LogP contribution in [0.15, 0.2) is 18.3 Å². The fraction of sp³-hybridized carbons (Fsp3) is 0.545. The number of ether oxygens (including phenoxy) is 2. The van der Waals surface area contributed by atoms with Crippen LogP contribution in [0, 0.1) is 0 Å². The number of hydrogen-bond donors (Lipinski definition) is 1. The van der Waals surface area contributed by atoms with E-state index in [0.29, 0.717) is 13.2 Å². The Morgan fingerprint density at radius 2 is 2.20 bits per heavy atom. The lowest BCUT2D eigenvalue weighted by Crippen LogP contribution is -2.10. The van der Waals surface area contributed by atoms with E-state index in [9.17, 15) is 0 Å². The molecule has 0 aromatic carbocycles. The first-order valence-electron chi connectivity index (χ1n) is 5.11. The minimum absolute atomic E-state index is 0.0121. The molecule has 0 aliphatic carbocycles. The van der Waals surface area contributed by atoms with Gasteiger partial charge in [0.1, 0.15) is 12.4 Å². The minimum atomic E-state index is 0.0121. The highest BCUT2D eigenvalue weighted by atomic mass is 16.5. The van der Waals surface area contributed by atoms with Gasteiger partial charge in [0, 0.05) is 13.2 Å². The quantitative estimate of drug-likeness (QED) is 0.723. The van der Waals surface area contributed by atoms with E-state index in [2.05, 4.69) is 4.98 Å². The summed E-state index contributed by atoms with van der Waals surface area (Å²) in [6.45, 7) is 3.16. The normalized spacial score (nSPS) is 12.5. The van der Waals surface area contributed by atoms with Crippen LogP contribution in [-0.2, 0) is 4.74 Å². The molecule has 0 bridgehead atoms. The van der Waals surface area contributed by atoms with Gasteiger partial charge >= 0.3 is 0 Å². The Bertz CT molecular complexity index is 274. The Labute approximate surface area is 90.4 Å². The van der Waals surface area contributed by atoms with E-state index in [1.807, 2.05) is 19.1 Å². The second-order valence-corrected chi connectivity index (χ2v) is 3.27. The highest BCUT2D eigenvalue weighted by Crippen LogP contribution is 2.14. The van der Waals surface area contributed by atoms with Crippen molar-refractivity contribution < 1.29 is 9.47 Å². The molecule has 15 heavy (non-hydrogen) atoms. The van der Waals surface area contributed by atoms with E-state index in [0.717, 1.165) is 17.9 Å². The molecule has 0 aliphatic heterocycles. The third kappa shape index (κ3) is 3.85. The first kappa shape index (κ1) is 11.9. The summed E-state index contributed by atoms with van der Waals surface area (Å²) < 4.78 is 10.3. The number of nitrogens with zero attached hydrogens (tertiary/aromatic N) is 1. The number of hydrogen-bond acceptors (Lipinski definition) is 4. The molecule has 0 amide bonds. The van der Waals surface area contributed by atoms with Gasteiger partial charge in [0.25, 0.3) is 0 Å². The zero-order chi connectivity index (χ0) is 11.1. The van der Waals surface area contributed by atoms with Crippen LogP contribution in [-0.4, -0.2) is 25.3 Å². The molecule has 1 aromatic heterocycles. The minimum Gasteiger partial charge on any atom is -0.490 e. The highest BCUT2D eigenvalue weighted by molar-refractivity contribution is 5.21. The maximum absolute atomic E-state index is 5.84. The number of nitrogens with two attached hydrogens (primary N) is 1. The van der Waals surface area contributed by atoms with E-state index >= 15 is 0 Å². The predicted molar refractivity (Wildman–Crippen MR) is 58.8 cm³/mol.